The second kappa shape index (κ2) is 6.75. The van der Waals surface area contributed by atoms with Crippen LogP contribution in [0.1, 0.15) is 33.1 Å². The molecule has 7 nitrogen and oxygen atoms in total. The summed E-state index contributed by atoms with van der Waals surface area (Å²) >= 11 is 0. The van der Waals surface area contributed by atoms with Crippen molar-refractivity contribution >= 4 is 11.7 Å². The normalized spacial score (nSPS) is 12.0. The van der Waals surface area contributed by atoms with E-state index in [2.05, 4.69) is 20.4 Å². The molecule has 0 bridgehead atoms. The Morgan fingerprint density at radius 2 is 2.27 bits per heavy atom. The van der Waals surface area contributed by atoms with Crippen LogP contribution in [0.3, 0.4) is 0 Å². The highest BCUT2D eigenvalue weighted by molar-refractivity contribution is 6.05. The van der Waals surface area contributed by atoms with Crippen molar-refractivity contribution < 1.29 is 9.32 Å². The van der Waals surface area contributed by atoms with Gasteiger partial charge in [0.25, 0.3) is 5.91 Å². The molecule has 0 atom stereocenters. The van der Waals surface area contributed by atoms with Gasteiger partial charge in [0.15, 0.2) is 0 Å². The summed E-state index contributed by atoms with van der Waals surface area (Å²) in [5, 5.41) is 6.93. The molecule has 0 aromatic carbocycles. The van der Waals surface area contributed by atoms with E-state index in [4.69, 9.17) is 10.3 Å². The molecule has 0 aliphatic carbocycles. The molecule has 0 fully saturated rings. The fourth-order valence-corrected chi connectivity index (χ4v) is 1.90. The molecule has 116 valence electrons. The number of amidine groups is 1. The minimum absolute atomic E-state index is 0.128. The second-order valence-electron chi connectivity index (χ2n) is 4.95. The summed E-state index contributed by atoms with van der Waals surface area (Å²) in [5.74, 6) is 0.502. The number of aliphatic imine (C=N–C) groups is 1. The average Bonchev–Trinajstić information content (AvgIpc) is 3.03. The average molecular weight is 301 g/mol. The lowest BCUT2D eigenvalue weighted by Crippen LogP contribution is -2.14. The maximum atomic E-state index is 11.8. The largest absolute Gasteiger partial charge is 0.386 e. The Hall–Kier alpha value is -2.83. The Kier molecular flexibility index (Phi) is 4.77. The predicted octanol–water partition coefficient (Wildman–Crippen LogP) is 1.73. The molecular weight excluding hydrogens is 282 g/mol. The first-order valence-electron chi connectivity index (χ1n) is 6.82. The molecular formula is C15H19N5O2. The number of amides is 1. The van der Waals surface area contributed by atoms with E-state index in [1.807, 2.05) is 20.8 Å². The number of hydrogen-bond donors (Lipinski definition) is 3. The number of nitrogens with one attached hydrogen (secondary N) is 2. The summed E-state index contributed by atoms with van der Waals surface area (Å²) < 4.78 is 5.07. The van der Waals surface area contributed by atoms with Gasteiger partial charge in [0.05, 0.1) is 5.69 Å². The molecule has 0 saturated heterocycles. The van der Waals surface area contributed by atoms with Gasteiger partial charge in [-0.1, -0.05) is 5.16 Å². The van der Waals surface area contributed by atoms with Gasteiger partial charge in [0, 0.05) is 24.5 Å². The number of aromatic amines is 1. The molecule has 0 aliphatic heterocycles. The highest BCUT2D eigenvalue weighted by Gasteiger charge is 2.07. The first kappa shape index (κ1) is 15.6. The first-order valence-corrected chi connectivity index (χ1v) is 6.82. The number of carbonyl (C=O) groups excluding carboxylic acids is 1. The monoisotopic (exact) mass is 301 g/mol. The van der Waals surface area contributed by atoms with Crippen molar-refractivity contribution in [3.8, 4) is 0 Å². The van der Waals surface area contributed by atoms with Crippen LogP contribution >= 0.6 is 0 Å². The molecule has 1 amide bonds. The maximum absolute atomic E-state index is 11.8. The van der Waals surface area contributed by atoms with Gasteiger partial charge in [0.2, 0.25) is 0 Å². The molecule has 4 N–H and O–H groups in total. The molecule has 0 saturated carbocycles. The van der Waals surface area contributed by atoms with Gasteiger partial charge in [-0.05, 0) is 38.5 Å². The van der Waals surface area contributed by atoms with Crippen LogP contribution in [-0.2, 0) is 6.54 Å². The molecule has 0 radical (unpaired) electrons. The van der Waals surface area contributed by atoms with Gasteiger partial charge in [0.1, 0.15) is 17.3 Å². The molecule has 22 heavy (non-hydrogen) atoms. The van der Waals surface area contributed by atoms with Crippen LogP contribution < -0.4 is 11.1 Å². The third-order valence-electron chi connectivity index (χ3n) is 3.12. The fourth-order valence-electron chi connectivity index (χ4n) is 1.90. The Labute approximate surface area is 128 Å². The number of rotatable bonds is 5. The number of nitrogens with zero attached hydrogens (tertiary/aromatic N) is 2. The molecule has 2 rings (SSSR count). The van der Waals surface area contributed by atoms with Crippen molar-refractivity contribution in [2.75, 3.05) is 0 Å². The zero-order valence-electron chi connectivity index (χ0n) is 12.8. The first-order chi connectivity index (χ1) is 10.5. The number of aryl methyl sites for hydroxylation is 3. The van der Waals surface area contributed by atoms with E-state index in [1.54, 1.807) is 18.5 Å². The Morgan fingerprint density at radius 3 is 2.86 bits per heavy atom. The smallest absolute Gasteiger partial charge is 0.295 e. The second-order valence-corrected chi connectivity index (χ2v) is 4.95. The molecule has 7 heteroatoms. The summed E-state index contributed by atoms with van der Waals surface area (Å²) in [6, 6.07) is 1.72. The van der Waals surface area contributed by atoms with Gasteiger partial charge in [-0.2, -0.15) is 4.99 Å². The minimum atomic E-state index is -0.402. The van der Waals surface area contributed by atoms with Crippen LogP contribution in [0.2, 0.25) is 0 Å². The molecule has 0 spiro atoms. The van der Waals surface area contributed by atoms with Crippen molar-refractivity contribution in [2.45, 2.75) is 27.3 Å². The Bertz CT molecular complexity index is 705. The number of carbonyl (C=O) groups is 1. The van der Waals surface area contributed by atoms with Gasteiger partial charge in [-0.25, -0.2) is 0 Å². The molecule has 2 aromatic rings. The molecule has 2 aromatic heterocycles. The zero-order valence-corrected chi connectivity index (χ0v) is 12.8. The quantitative estimate of drug-likeness (QED) is 0.575. The van der Waals surface area contributed by atoms with E-state index in [-0.39, 0.29) is 5.84 Å². The van der Waals surface area contributed by atoms with Crippen molar-refractivity contribution in [1.82, 2.24) is 15.5 Å². The topological polar surface area (TPSA) is 109 Å². The predicted molar refractivity (Wildman–Crippen MR) is 83.4 cm³/mol. The van der Waals surface area contributed by atoms with Gasteiger partial charge >= 0.3 is 0 Å². The van der Waals surface area contributed by atoms with Crippen molar-refractivity contribution in [2.24, 2.45) is 10.7 Å². The van der Waals surface area contributed by atoms with Crippen LogP contribution in [0.4, 0.5) is 0 Å². The highest BCUT2D eigenvalue weighted by atomic mass is 16.5. The van der Waals surface area contributed by atoms with Crippen molar-refractivity contribution in [3.63, 3.8) is 0 Å². The maximum Gasteiger partial charge on any atom is 0.295 e. The summed E-state index contributed by atoms with van der Waals surface area (Å²) in [6.45, 7) is 6.19. The lowest BCUT2D eigenvalue weighted by atomic mass is 10.2. The highest BCUT2D eigenvalue weighted by Crippen LogP contribution is 2.11. The van der Waals surface area contributed by atoms with E-state index < -0.39 is 5.91 Å². The summed E-state index contributed by atoms with van der Waals surface area (Å²) in [6.07, 6.45) is 4.91. The number of nitrogens with two attached hydrogens (primary N) is 1. The number of H-pyrrole nitrogens is 1. The molecule has 0 aliphatic rings. The molecule has 2 heterocycles. The van der Waals surface area contributed by atoms with Gasteiger partial charge in [-0.15, -0.1) is 0 Å². The van der Waals surface area contributed by atoms with Crippen LogP contribution in [0.5, 0.6) is 0 Å². The van der Waals surface area contributed by atoms with Crippen molar-refractivity contribution in [1.29, 1.82) is 0 Å². The van der Waals surface area contributed by atoms with Gasteiger partial charge < -0.3 is 20.6 Å². The van der Waals surface area contributed by atoms with Crippen LogP contribution in [-0.4, -0.2) is 21.9 Å². The van der Waals surface area contributed by atoms with Gasteiger partial charge in [-0.3, -0.25) is 4.79 Å². The molecule has 0 unspecified atom stereocenters. The van der Waals surface area contributed by atoms with Crippen LogP contribution in [0.25, 0.3) is 0 Å². The SMILES string of the molecule is Cc1c[nH]c(C(=O)N=C(N)/C=C\NCc2c(C)noc2C)c1. The van der Waals surface area contributed by atoms with Crippen molar-refractivity contribution in [3.05, 3.63) is 52.8 Å². The minimum Gasteiger partial charge on any atom is -0.386 e. The Balaban J connectivity index is 1.90. The van der Waals surface area contributed by atoms with Crippen LogP contribution in [0.15, 0.2) is 34.1 Å². The summed E-state index contributed by atoms with van der Waals surface area (Å²) in [7, 11) is 0. The van der Waals surface area contributed by atoms with E-state index >= 15 is 0 Å². The third kappa shape index (κ3) is 3.85. The lowest BCUT2D eigenvalue weighted by Gasteiger charge is -1.99. The third-order valence-corrected chi connectivity index (χ3v) is 3.12. The number of hydrogen-bond acceptors (Lipinski definition) is 4. The fraction of sp³-hybridized carbons (Fsp3) is 0.267. The summed E-state index contributed by atoms with van der Waals surface area (Å²) in [4.78, 5) is 18.4. The van der Waals surface area contributed by atoms with E-state index in [0.717, 1.165) is 22.6 Å². The standard InChI is InChI=1S/C15H19N5O2/c1-9-6-13(18-7-9)15(21)19-14(16)4-5-17-8-12-10(2)20-22-11(12)3/h4-7,17-18H,8H2,1-3H3,(H2,16,19,21)/b5-4-. The number of aromatic nitrogens is 2. The Morgan fingerprint density at radius 1 is 1.50 bits per heavy atom. The van der Waals surface area contributed by atoms with E-state index in [1.165, 1.54) is 6.08 Å². The van der Waals surface area contributed by atoms with E-state index in [0.29, 0.717) is 12.2 Å². The van der Waals surface area contributed by atoms with E-state index in [9.17, 15) is 4.79 Å². The van der Waals surface area contributed by atoms with Crippen LogP contribution in [0, 0.1) is 20.8 Å². The lowest BCUT2D eigenvalue weighted by molar-refractivity contribution is 0.0999. The summed E-state index contributed by atoms with van der Waals surface area (Å²) in [5.41, 5.74) is 8.92. The zero-order chi connectivity index (χ0) is 16.1.